The molecule has 4 rings (SSSR count). The summed E-state index contributed by atoms with van der Waals surface area (Å²) in [4.78, 5) is 19.0. The summed E-state index contributed by atoms with van der Waals surface area (Å²) in [6.07, 6.45) is 4.54. The van der Waals surface area contributed by atoms with Crippen LogP contribution < -0.4 is 0 Å². The van der Waals surface area contributed by atoms with E-state index in [2.05, 4.69) is 4.98 Å². The molecular weight excluding hydrogens is 386 g/mol. The lowest BCUT2D eigenvalue weighted by atomic mass is 9.94. The third kappa shape index (κ3) is 3.35. The summed E-state index contributed by atoms with van der Waals surface area (Å²) >= 11 is 5.96. The number of benzene rings is 1. The summed E-state index contributed by atoms with van der Waals surface area (Å²) in [6, 6.07) is 10.6. The number of halogens is 1. The number of carbonyl (C=O) groups is 1. The van der Waals surface area contributed by atoms with Gasteiger partial charge in [0.05, 0.1) is 5.41 Å². The van der Waals surface area contributed by atoms with Crippen LogP contribution in [0.2, 0.25) is 5.02 Å². The standard InChI is InChI=1S/C19H20ClN3O3S/c20-16-5-3-15(4-6-16)19(7-8-19)18(24)22-10-12-23(13-11-22)27(25,26)17-2-1-9-21-14-17/h1-6,9,14H,7-8,10-13H2. The molecule has 1 aliphatic heterocycles. The number of rotatable bonds is 4. The summed E-state index contributed by atoms with van der Waals surface area (Å²) in [6.45, 7) is 1.38. The molecule has 0 spiro atoms. The lowest BCUT2D eigenvalue weighted by molar-refractivity contribution is -0.135. The number of amides is 1. The average molecular weight is 406 g/mol. The molecule has 0 N–H and O–H groups in total. The molecule has 1 saturated carbocycles. The Hall–Kier alpha value is -1.96. The highest BCUT2D eigenvalue weighted by molar-refractivity contribution is 7.89. The molecule has 2 aromatic rings. The molecule has 0 bridgehead atoms. The van der Waals surface area contributed by atoms with E-state index in [0.29, 0.717) is 31.2 Å². The Bertz CT molecular complexity index is 936. The van der Waals surface area contributed by atoms with Crippen LogP contribution in [0.15, 0.2) is 53.7 Å². The Morgan fingerprint density at radius 1 is 1.04 bits per heavy atom. The minimum absolute atomic E-state index is 0.0863. The van der Waals surface area contributed by atoms with Gasteiger partial charge in [0, 0.05) is 43.6 Å². The van der Waals surface area contributed by atoms with Crippen molar-refractivity contribution in [3.8, 4) is 0 Å². The Kier molecular flexibility index (Phi) is 4.70. The topological polar surface area (TPSA) is 70.6 Å². The van der Waals surface area contributed by atoms with Gasteiger partial charge in [0.25, 0.3) is 0 Å². The van der Waals surface area contributed by atoms with E-state index < -0.39 is 15.4 Å². The summed E-state index contributed by atoms with van der Waals surface area (Å²) in [5, 5.41) is 0.649. The second-order valence-electron chi connectivity index (χ2n) is 6.97. The Morgan fingerprint density at radius 2 is 1.70 bits per heavy atom. The molecule has 1 amide bonds. The van der Waals surface area contributed by atoms with E-state index in [4.69, 9.17) is 11.6 Å². The summed E-state index contributed by atoms with van der Waals surface area (Å²) in [5.74, 6) is 0.0863. The van der Waals surface area contributed by atoms with Crippen molar-refractivity contribution in [1.29, 1.82) is 0 Å². The molecule has 2 fully saturated rings. The fraction of sp³-hybridized carbons (Fsp3) is 0.368. The Morgan fingerprint density at radius 3 is 2.26 bits per heavy atom. The fourth-order valence-corrected chi connectivity index (χ4v) is 5.12. The second-order valence-corrected chi connectivity index (χ2v) is 9.35. The largest absolute Gasteiger partial charge is 0.339 e. The lowest BCUT2D eigenvalue weighted by Crippen LogP contribution is -2.52. The molecule has 27 heavy (non-hydrogen) atoms. The van der Waals surface area contributed by atoms with Gasteiger partial charge in [-0.2, -0.15) is 4.31 Å². The van der Waals surface area contributed by atoms with Crippen molar-refractivity contribution in [3.63, 3.8) is 0 Å². The normalized spacial score (nSPS) is 19.7. The number of hydrogen-bond donors (Lipinski definition) is 0. The third-order valence-corrected chi connectivity index (χ3v) is 7.49. The van der Waals surface area contributed by atoms with Crippen molar-refractivity contribution in [2.24, 2.45) is 0 Å². The van der Waals surface area contributed by atoms with Crippen LogP contribution >= 0.6 is 11.6 Å². The molecule has 6 nitrogen and oxygen atoms in total. The first-order valence-electron chi connectivity index (χ1n) is 8.89. The number of sulfonamides is 1. The van der Waals surface area contributed by atoms with Gasteiger partial charge in [0.2, 0.25) is 15.9 Å². The summed E-state index contributed by atoms with van der Waals surface area (Å²) in [7, 11) is -3.57. The quantitative estimate of drug-likeness (QED) is 0.782. The minimum Gasteiger partial charge on any atom is -0.339 e. The molecule has 1 aliphatic carbocycles. The molecule has 1 aromatic heterocycles. The van der Waals surface area contributed by atoms with Gasteiger partial charge in [-0.3, -0.25) is 9.78 Å². The van der Waals surface area contributed by atoms with Gasteiger partial charge in [-0.05, 0) is 42.7 Å². The lowest BCUT2D eigenvalue weighted by Gasteiger charge is -2.36. The molecule has 0 atom stereocenters. The van der Waals surface area contributed by atoms with Gasteiger partial charge in [-0.15, -0.1) is 0 Å². The van der Waals surface area contributed by atoms with Gasteiger partial charge in [0.15, 0.2) is 0 Å². The number of hydrogen-bond acceptors (Lipinski definition) is 4. The maximum absolute atomic E-state index is 13.1. The minimum atomic E-state index is -3.57. The van der Waals surface area contributed by atoms with Crippen LogP contribution in [0.4, 0.5) is 0 Å². The highest BCUT2D eigenvalue weighted by Crippen LogP contribution is 2.49. The molecular formula is C19H20ClN3O3S. The number of pyridine rings is 1. The van der Waals surface area contributed by atoms with Crippen molar-refractivity contribution >= 4 is 27.5 Å². The van der Waals surface area contributed by atoms with Crippen LogP contribution in [0.1, 0.15) is 18.4 Å². The van der Waals surface area contributed by atoms with E-state index in [1.54, 1.807) is 23.2 Å². The number of aromatic nitrogens is 1. The van der Waals surface area contributed by atoms with Crippen molar-refractivity contribution in [1.82, 2.24) is 14.2 Å². The third-order valence-electron chi connectivity index (χ3n) is 5.35. The predicted octanol–water partition coefficient (Wildman–Crippen LogP) is 2.30. The van der Waals surface area contributed by atoms with Crippen molar-refractivity contribution < 1.29 is 13.2 Å². The molecule has 2 heterocycles. The fourth-order valence-electron chi connectivity index (χ4n) is 3.60. The van der Waals surface area contributed by atoms with Crippen LogP contribution in [0.25, 0.3) is 0 Å². The first-order chi connectivity index (χ1) is 12.9. The molecule has 2 aliphatic rings. The van der Waals surface area contributed by atoms with Crippen LogP contribution in [0.3, 0.4) is 0 Å². The van der Waals surface area contributed by atoms with Crippen LogP contribution in [0, 0.1) is 0 Å². The maximum atomic E-state index is 13.1. The summed E-state index contributed by atoms with van der Waals surface area (Å²) in [5.41, 5.74) is 0.525. The Labute approximate surface area is 163 Å². The molecule has 8 heteroatoms. The first-order valence-corrected chi connectivity index (χ1v) is 10.7. The number of carbonyl (C=O) groups excluding carboxylic acids is 1. The van der Waals surface area contributed by atoms with E-state index >= 15 is 0 Å². The highest BCUT2D eigenvalue weighted by Gasteiger charge is 2.53. The molecule has 0 unspecified atom stereocenters. The van der Waals surface area contributed by atoms with Crippen LogP contribution in [0.5, 0.6) is 0 Å². The smallest absolute Gasteiger partial charge is 0.244 e. The highest BCUT2D eigenvalue weighted by atomic mass is 35.5. The first kappa shape index (κ1) is 18.4. The van der Waals surface area contributed by atoms with E-state index in [1.165, 1.54) is 10.5 Å². The molecule has 1 aromatic carbocycles. The monoisotopic (exact) mass is 405 g/mol. The van der Waals surface area contributed by atoms with Gasteiger partial charge in [-0.25, -0.2) is 8.42 Å². The van der Waals surface area contributed by atoms with Crippen molar-refractivity contribution in [2.45, 2.75) is 23.2 Å². The summed E-state index contributed by atoms with van der Waals surface area (Å²) < 4.78 is 26.8. The SMILES string of the molecule is O=C(N1CCN(S(=O)(=O)c2cccnc2)CC1)C1(c2ccc(Cl)cc2)CC1. The van der Waals surface area contributed by atoms with Gasteiger partial charge in [-0.1, -0.05) is 23.7 Å². The van der Waals surface area contributed by atoms with Crippen molar-refractivity contribution in [2.75, 3.05) is 26.2 Å². The molecule has 1 saturated heterocycles. The average Bonchev–Trinajstić information content (AvgIpc) is 3.51. The zero-order valence-electron chi connectivity index (χ0n) is 14.7. The van der Waals surface area contributed by atoms with Gasteiger partial charge >= 0.3 is 0 Å². The Balaban J connectivity index is 1.45. The number of nitrogens with zero attached hydrogens (tertiary/aromatic N) is 3. The van der Waals surface area contributed by atoms with E-state index in [1.807, 2.05) is 24.3 Å². The van der Waals surface area contributed by atoms with E-state index in [-0.39, 0.29) is 10.8 Å². The zero-order valence-corrected chi connectivity index (χ0v) is 16.3. The van der Waals surface area contributed by atoms with Crippen LogP contribution in [-0.2, 0) is 20.2 Å². The van der Waals surface area contributed by atoms with E-state index in [9.17, 15) is 13.2 Å². The maximum Gasteiger partial charge on any atom is 0.244 e. The van der Waals surface area contributed by atoms with Gasteiger partial charge in [0.1, 0.15) is 4.90 Å². The van der Waals surface area contributed by atoms with E-state index in [0.717, 1.165) is 18.4 Å². The van der Waals surface area contributed by atoms with Crippen molar-refractivity contribution in [3.05, 3.63) is 59.4 Å². The predicted molar refractivity (Wildman–Crippen MR) is 102 cm³/mol. The zero-order chi connectivity index (χ0) is 19.1. The molecule has 0 radical (unpaired) electrons. The second kappa shape index (κ2) is 6.89. The number of piperazine rings is 1. The molecule has 142 valence electrons. The van der Waals surface area contributed by atoms with Crippen LogP contribution in [-0.4, -0.2) is 54.7 Å². The van der Waals surface area contributed by atoms with Gasteiger partial charge < -0.3 is 4.90 Å².